The first-order chi connectivity index (χ1) is 18.1. The van der Waals surface area contributed by atoms with Crippen LogP contribution in [0.2, 0.25) is 0 Å². The van der Waals surface area contributed by atoms with E-state index in [0.717, 1.165) is 32.8 Å². The second-order valence-electron chi connectivity index (χ2n) is 8.59. The number of ether oxygens (including phenoxy) is 1. The smallest absolute Gasteiger partial charge is 0.392 e. The topological polar surface area (TPSA) is 80.1 Å². The van der Waals surface area contributed by atoms with Crippen molar-refractivity contribution in [3.63, 3.8) is 0 Å². The van der Waals surface area contributed by atoms with Crippen molar-refractivity contribution in [1.82, 2.24) is 10.3 Å². The monoisotopic (exact) mass is 505 g/mol. The molecule has 1 amide bonds. The minimum absolute atomic E-state index is 0.364. The number of nitrogens with one attached hydrogen (secondary N) is 2. The van der Waals surface area contributed by atoms with Crippen LogP contribution in [0.25, 0.3) is 23.1 Å². The second-order valence-corrected chi connectivity index (χ2v) is 9.67. The molecule has 184 valence electrons. The average Bonchev–Trinajstić information content (AvgIpc) is 3.24. The van der Waals surface area contributed by atoms with Crippen molar-refractivity contribution in [1.29, 1.82) is 0 Å². The van der Waals surface area contributed by atoms with E-state index in [0.29, 0.717) is 12.4 Å². The van der Waals surface area contributed by atoms with Gasteiger partial charge in [0.2, 0.25) is 5.88 Å². The van der Waals surface area contributed by atoms with E-state index in [1.54, 1.807) is 0 Å². The Labute approximate surface area is 220 Å². The summed E-state index contributed by atoms with van der Waals surface area (Å²) in [6.07, 6.45) is 3.40. The minimum Gasteiger partial charge on any atom is -0.392 e. The number of aromatic amines is 1. The highest BCUT2D eigenvalue weighted by atomic mass is 32.2. The molecule has 0 saturated carbocycles. The first kappa shape index (κ1) is 24.4. The molecule has 0 atom stereocenters. The highest BCUT2D eigenvalue weighted by molar-refractivity contribution is 7.99. The number of nitrogens with two attached hydrogens (primary N) is 1. The van der Waals surface area contributed by atoms with Gasteiger partial charge in [-0.2, -0.15) is 0 Å². The molecule has 0 saturated heterocycles. The largest absolute Gasteiger partial charge is 0.411 e. The summed E-state index contributed by atoms with van der Waals surface area (Å²) in [7, 11) is 0. The van der Waals surface area contributed by atoms with Crippen molar-refractivity contribution in [2.45, 2.75) is 22.9 Å². The van der Waals surface area contributed by atoms with Crippen LogP contribution in [0.15, 0.2) is 113 Å². The molecule has 0 bridgehead atoms. The van der Waals surface area contributed by atoms with E-state index in [4.69, 9.17) is 10.5 Å². The molecule has 5 rings (SSSR count). The van der Waals surface area contributed by atoms with Crippen LogP contribution in [-0.4, -0.2) is 11.1 Å². The molecule has 5 aromatic rings. The van der Waals surface area contributed by atoms with Crippen LogP contribution in [0.3, 0.4) is 0 Å². The van der Waals surface area contributed by atoms with Gasteiger partial charge in [0.05, 0.1) is 4.90 Å². The number of carbonyl (C=O) groups excluding carboxylic acids is 1. The Bertz CT molecular complexity index is 1510. The van der Waals surface area contributed by atoms with Crippen LogP contribution in [0.5, 0.6) is 5.88 Å². The fraction of sp³-hybridized carbons (Fsp3) is 0.0645. The first-order valence-electron chi connectivity index (χ1n) is 12.0. The Balaban J connectivity index is 1.23. The van der Waals surface area contributed by atoms with Crippen LogP contribution in [0.4, 0.5) is 4.79 Å². The SMILES string of the molecule is NC(=O)Oc1[nH]c2cc(CNCc3ccc(C=Cc4ccccc4)cc3)ccc2c1Sc1ccccc1. The lowest BCUT2D eigenvalue weighted by atomic mass is 10.1. The lowest BCUT2D eigenvalue weighted by Gasteiger charge is -2.07. The molecule has 4 aromatic carbocycles. The number of H-pyrrole nitrogens is 1. The number of amides is 1. The molecule has 4 N–H and O–H groups in total. The molecule has 1 heterocycles. The van der Waals surface area contributed by atoms with E-state index in [1.165, 1.54) is 28.5 Å². The van der Waals surface area contributed by atoms with Gasteiger partial charge in [0.15, 0.2) is 0 Å². The van der Waals surface area contributed by atoms with Crippen LogP contribution < -0.4 is 15.8 Å². The highest BCUT2D eigenvalue weighted by Crippen LogP contribution is 2.41. The second kappa shape index (κ2) is 11.6. The predicted molar refractivity (Wildman–Crippen MR) is 151 cm³/mol. The molecule has 0 fully saturated rings. The molecule has 1 aromatic heterocycles. The summed E-state index contributed by atoms with van der Waals surface area (Å²) in [4.78, 5) is 16.6. The Morgan fingerprint density at radius 2 is 1.43 bits per heavy atom. The molecule has 0 radical (unpaired) electrons. The molecule has 0 spiro atoms. The third kappa shape index (κ3) is 6.50. The summed E-state index contributed by atoms with van der Waals surface area (Å²) in [6, 6.07) is 35.0. The normalized spacial score (nSPS) is 11.2. The predicted octanol–water partition coefficient (Wildman–Crippen LogP) is 7.24. The maximum atomic E-state index is 11.5. The fourth-order valence-corrected chi connectivity index (χ4v) is 5.04. The van der Waals surface area contributed by atoms with Gasteiger partial charge in [-0.05, 0) is 40.5 Å². The Kier molecular flexibility index (Phi) is 7.69. The van der Waals surface area contributed by atoms with Crippen molar-refractivity contribution in [3.05, 3.63) is 125 Å². The van der Waals surface area contributed by atoms with Gasteiger partial charge in [0, 0.05) is 28.9 Å². The highest BCUT2D eigenvalue weighted by Gasteiger charge is 2.16. The van der Waals surface area contributed by atoms with Gasteiger partial charge in [0.1, 0.15) is 0 Å². The van der Waals surface area contributed by atoms with Gasteiger partial charge in [0.25, 0.3) is 0 Å². The lowest BCUT2D eigenvalue weighted by Crippen LogP contribution is -2.16. The van der Waals surface area contributed by atoms with Crippen molar-refractivity contribution < 1.29 is 9.53 Å². The Morgan fingerprint density at radius 1 is 0.811 bits per heavy atom. The Hall–Kier alpha value is -4.26. The summed E-state index contributed by atoms with van der Waals surface area (Å²) in [6.45, 7) is 1.47. The van der Waals surface area contributed by atoms with E-state index in [1.807, 2.05) is 48.5 Å². The molecule has 0 aliphatic rings. The van der Waals surface area contributed by atoms with Gasteiger partial charge in [-0.15, -0.1) is 0 Å². The van der Waals surface area contributed by atoms with Gasteiger partial charge >= 0.3 is 6.09 Å². The van der Waals surface area contributed by atoms with Gasteiger partial charge in [-0.1, -0.05) is 109 Å². The number of carbonyl (C=O) groups is 1. The number of primary amides is 1. The standard InChI is InChI=1S/C31H27N3O2S/c32-31(35)36-30-29(37-26-9-5-2-6-10-26)27-18-17-25(19-28(27)34-30)21-33-20-24-15-13-23(14-16-24)12-11-22-7-3-1-4-8-22/h1-19,33-34H,20-21H2,(H2,32,35). The number of hydrogen-bond acceptors (Lipinski definition) is 4. The third-order valence-corrected chi connectivity index (χ3v) is 6.97. The number of rotatable bonds is 9. The van der Waals surface area contributed by atoms with E-state index < -0.39 is 6.09 Å². The van der Waals surface area contributed by atoms with E-state index >= 15 is 0 Å². The van der Waals surface area contributed by atoms with Crippen LogP contribution >= 0.6 is 11.8 Å². The van der Waals surface area contributed by atoms with Crippen LogP contribution in [-0.2, 0) is 13.1 Å². The first-order valence-corrected chi connectivity index (χ1v) is 12.8. The third-order valence-electron chi connectivity index (χ3n) is 5.85. The molecule has 6 heteroatoms. The molecule has 0 aliphatic carbocycles. The van der Waals surface area contributed by atoms with Crippen LogP contribution in [0, 0.1) is 0 Å². The summed E-state index contributed by atoms with van der Waals surface area (Å²) in [5, 5.41) is 4.49. The maximum absolute atomic E-state index is 11.5. The fourth-order valence-electron chi connectivity index (χ4n) is 4.04. The van der Waals surface area contributed by atoms with Crippen LogP contribution in [0.1, 0.15) is 22.3 Å². The molecule has 0 unspecified atom stereocenters. The number of hydrogen-bond donors (Lipinski definition) is 3. The van der Waals surface area contributed by atoms with Gasteiger partial charge in [-0.25, -0.2) is 4.79 Å². The van der Waals surface area contributed by atoms with E-state index in [9.17, 15) is 4.79 Å². The zero-order chi connectivity index (χ0) is 25.5. The molecular formula is C31H27N3O2S. The zero-order valence-electron chi connectivity index (χ0n) is 20.2. The van der Waals surface area contributed by atoms with Gasteiger partial charge < -0.3 is 20.8 Å². The van der Waals surface area contributed by atoms with Crippen molar-refractivity contribution in [2.75, 3.05) is 0 Å². The molecule has 37 heavy (non-hydrogen) atoms. The van der Waals surface area contributed by atoms with E-state index in [2.05, 4.69) is 77.1 Å². The molecule has 5 nitrogen and oxygen atoms in total. The number of aromatic nitrogens is 1. The maximum Gasteiger partial charge on any atom is 0.411 e. The summed E-state index contributed by atoms with van der Waals surface area (Å²) < 4.78 is 5.28. The minimum atomic E-state index is -0.843. The molecular weight excluding hydrogens is 478 g/mol. The number of benzene rings is 4. The zero-order valence-corrected chi connectivity index (χ0v) is 21.0. The molecule has 0 aliphatic heterocycles. The average molecular weight is 506 g/mol. The summed E-state index contributed by atoms with van der Waals surface area (Å²) in [5.41, 5.74) is 10.9. The van der Waals surface area contributed by atoms with E-state index in [-0.39, 0.29) is 0 Å². The van der Waals surface area contributed by atoms with Crippen molar-refractivity contribution in [2.24, 2.45) is 5.73 Å². The number of fused-ring (bicyclic) bond motifs is 1. The summed E-state index contributed by atoms with van der Waals surface area (Å²) >= 11 is 1.53. The van der Waals surface area contributed by atoms with Crippen molar-refractivity contribution >= 4 is 40.9 Å². The lowest BCUT2D eigenvalue weighted by molar-refractivity contribution is 0.208. The summed E-state index contributed by atoms with van der Waals surface area (Å²) in [5.74, 6) is 0.364. The van der Waals surface area contributed by atoms with Gasteiger partial charge in [-0.3, -0.25) is 0 Å². The quantitative estimate of drug-likeness (QED) is 0.185. The Morgan fingerprint density at radius 3 is 2.14 bits per heavy atom. The van der Waals surface area contributed by atoms with Crippen molar-refractivity contribution in [3.8, 4) is 5.88 Å².